The molecule has 2 N–H and O–H groups in total. The summed E-state index contributed by atoms with van der Waals surface area (Å²) in [6.07, 6.45) is 1.39. The summed E-state index contributed by atoms with van der Waals surface area (Å²) in [5.74, 6) is 1.28. The molecular formula is C16H32IN3O3S. The molecule has 1 aliphatic carbocycles. The number of sulfone groups is 1. The molecule has 1 saturated heterocycles. The van der Waals surface area contributed by atoms with E-state index in [2.05, 4.69) is 29.5 Å². The average Bonchev–Trinajstić information content (AvgIpc) is 2.87. The number of halogens is 1. The van der Waals surface area contributed by atoms with Crippen LogP contribution in [0.15, 0.2) is 4.99 Å². The highest BCUT2D eigenvalue weighted by molar-refractivity contribution is 14.0. The van der Waals surface area contributed by atoms with E-state index in [4.69, 9.17) is 4.74 Å². The SMILES string of the molecule is CN=C(NCCS(=O)(=O)C(C)(C)C)NC1C2CCOC2C1(C)C.I. The number of hydrogen-bond acceptors (Lipinski definition) is 4. The van der Waals surface area contributed by atoms with E-state index < -0.39 is 14.6 Å². The van der Waals surface area contributed by atoms with E-state index in [1.807, 2.05) is 0 Å². The second-order valence-corrected chi connectivity index (χ2v) is 11.0. The molecule has 0 aromatic carbocycles. The van der Waals surface area contributed by atoms with Gasteiger partial charge in [-0.3, -0.25) is 4.99 Å². The molecular weight excluding hydrogens is 441 g/mol. The van der Waals surface area contributed by atoms with Gasteiger partial charge in [0.15, 0.2) is 15.8 Å². The first-order valence-corrected chi connectivity index (χ1v) is 9.97. The summed E-state index contributed by atoms with van der Waals surface area (Å²) in [7, 11) is -1.41. The molecule has 0 bridgehead atoms. The smallest absolute Gasteiger partial charge is 0.191 e. The van der Waals surface area contributed by atoms with Crippen molar-refractivity contribution in [3.63, 3.8) is 0 Å². The Kier molecular flexibility index (Phi) is 7.00. The number of aliphatic imine (C=N–C) groups is 1. The van der Waals surface area contributed by atoms with Crippen LogP contribution in [0.2, 0.25) is 0 Å². The molecule has 0 spiro atoms. The second-order valence-electron chi connectivity index (χ2n) is 8.12. The Balaban J connectivity index is 0.00000288. The third-order valence-electron chi connectivity index (χ3n) is 5.21. The van der Waals surface area contributed by atoms with Crippen molar-refractivity contribution in [3.8, 4) is 0 Å². The monoisotopic (exact) mass is 473 g/mol. The van der Waals surface area contributed by atoms with E-state index in [1.54, 1.807) is 27.8 Å². The third-order valence-corrected chi connectivity index (χ3v) is 7.82. The fourth-order valence-electron chi connectivity index (χ4n) is 3.57. The minimum absolute atomic E-state index is 0. The van der Waals surface area contributed by atoms with Gasteiger partial charge >= 0.3 is 0 Å². The topological polar surface area (TPSA) is 79.8 Å². The Morgan fingerprint density at radius 1 is 1.33 bits per heavy atom. The summed E-state index contributed by atoms with van der Waals surface area (Å²) in [5, 5.41) is 6.59. The van der Waals surface area contributed by atoms with Crippen molar-refractivity contribution in [1.29, 1.82) is 0 Å². The van der Waals surface area contributed by atoms with Crippen LogP contribution in [0.1, 0.15) is 41.0 Å². The summed E-state index contributed by atoms with van der Waals surface area (Å²) < 4.78 is 29.4. The van der Waals surface area contributed by atoms with E-state index >= 15 is 0 Å². The lowest BCUT2D eigenvalue weighted by Crippen LogP contribution is -2.68. The maximum absolute atomic E-state index is 12.1. The molecule has 6 nitrogen and oxygen atoms in total. The van der Waals surface area contributed by atoms with E-state index in [0.717, 1.165) is 13.0 Å². The number of nitrogens with zero attached hydrogens (tertiary/aromatic N) is 1. The molecule has 0 radical (unpaired) electrons. The van der Waals surface area contributed by atoms with Gasteiger partial charge in [0.05, 0.1) is 16.6 Å². The predicted octanol–water partition coefficient (Wildman–Crippen LogP) is 1.80. The fraction of sp³-hybridized carbons (Fsp3) is 0.938. The van der Waals surface area contributed by atoms with Gasteiger partial charge in [-0.05, 0) is 27.2 Å². The van der Waals surface area contributed by atoms with Gasteiger partial charge in [-0.1, -0.05) is 13.8 Å². The van der Waals surface area contributed by atoms with E-state index in [1.165, 1.54) is 0 Å². The molecule has 0 aromatic rings. The minimum Gasteiger partial charge on any atom is -0.377 e. The van der Waals surface area contributed by atoms with Gasteiger partial charge in [-0.15, -0.1) is 24.0 Å². The van der Waals surface area contributed by atoms with E-state index in [0.29, 0.717) is 30.6 Å². The van der Waals surface area contributed by atoms with E-state index in [9.17, 15) is 8.42 Å². The Bertz CT molecular complexity index is 570. The molecule has 3 atom stereocenters. The fourth-order valence-corrected chi connectivity index (χ4v) is 4.55. The highest BCUT2D eigenvalue weighted by Crippen LogP contribution is 2.52. The van der Waals surface area contributed by atoms with Crippen molar-refractivity contribution in [2.24, 2.45) is 16.3 Å². The molecule has 142 valence electrons. The lowest BCUT2D eigenvalue weighted by atomic mass is 9.57. The van der Waals surface area contributed by atoms with Gasteiger partial charge in [-0.2, -0.15) is 0 Å². The standard InChI is InChI=1S/C16H31N3O3S.HI/c1-15(2,3)23(20,21)10-8-18-14(17-6)19-12-11-7-9-22-13(11)16(12,4)5;/h11-13H,7-10H2,1-6H3,(H2,17,18,19);1H. The Hall–Kier alpha value is -0.0900. The van der Waals surface area contributed by atoms with Crippen molar-refractivity contribution in [3.05, 3.63) is 0 Å². The largest absolute Gasteiger partial charge is 0.377 e. The van der Waals surface area contributed by atoms with Crippen LogP contribution in [0.25, 0.3) is 0 Å². The molecule has 0 aromatic heterocycles. The normalized spacial score (nSPS) is 29.2. The maximum atomic E-state index is 12.1. The first kappa shape index (κ1) is 22.0. The van der Waals surface area contributed by atoms with Gasteiger partial charge in [-0.25, -0.2) is 8.42 Å². The third kappa shape index (κ3) is 4.17. The van der Waals surface area contributed by atoms with Gasteiger partial charge < -0.3 is 15.4 Å². The van der Waals surface area contributed by atoms with Crippen LogP contribution < -0.4 is 10.6 Å². The lowest BCUT2D eigenvalue weighted by Gasteiger charge is -2.54. The quantitative estimate of drug-likeness (QED) is 0.370. The highest BCUT2D eigenvalue weighted by atomic mass is 127. The Morgan fingerprint density at radius 3 is 2.50 bits per heavy atom. The number of ether oxygens (including phenoxy) is 1. The summed E-state index contributed by atoms with van der Waals surface area (Å²) >= 11 is 0. The summed E-state index contributed by atoms with van der Waals surface area (Å²) in [6, 6.07) is 0.306. The van der Waals surface area contributed by atoms with Crippen molar-refractivity contribution in [1.82, 2.24) is 10.6 Å². The number of fused-ring (bicyclic) bond motifs is 1. The highest BCUT2D eigenvalue weighted by Gasteiger charge is 2.59. The van der Waals surface area contributed by atoms with Crippen LogP contribution in [0, 0.1) is 11.3 Å². The number of guanidine groups is 1. The van der Waals surface area contributed by atoms with Gasteiger partial charge in [0, 0.05) is 37.6 Å². The number of rotatable bonds is 4. The maximum Gasteiger partial charge on any atom is 0.191 e. The molecule has 2 aliphatic rings. The summed E-state index contributed by atoms with van der Waals surface area (Å²) in [6.45, 7) is 10.8. The number of nitrogens with one attached hydrogen (secondary N) is 2. The van der Waals surface area contributed by atoms with Crippen LogP contribution in [-0.4, -0.2) is 57.2 Å². The van der Waals surface area contributed by atoms with Gasteiger partial charge in [0.1, 0.15) is 0 Å². The van der Waals surface area contributed by atoms with Crippen LogP contribution in [0.5, 0.6) is 0 Å². The molecule has 1 saturated carbocycles. The molecule has 3 unspecified atom stereocenters. The zero-order chi connectivity index (χ0) is 17.5. The van der Waals surface area contributed by atoms with Crippen molar-refractivity contribution in [2.75, 3.05) is 26.0 Å². The summed E-state index contributed by atoms with van der Waals surface area (Å²) in [5.41, 5.74) is 0.0657. The molecule has 1 heterocycles. The molecule has 2 fully saturated rings. The second kappa shape index (κ2) is 7.65. The first-order chi connectivity index (χ1) is 10.5. The molecule has 0 amide bonds. The zero-order valence-electron chi connectivity index (χ0n) is 15.5. The predicted molar refractivity (Wildman–Crippen MR) is 109 cm³/mol. The molecule has 1 aliphatic heterocycles. The van der Waals surface area contributed by atoms with E-state index in [-0.39, 0.29) is 35.1 Å². The van der Waals surface area contributed by atoms with Crippen LogP contribution in [-0.2, 0) is 14.6 Å². The Labute approximate surface area is 163 Å². The molecule has 8 heteroatoms. The van der Waals surface area contributed by atoms with Crippen LogP contribution in [0.3, 0.4) is 0 Å². The van der Waals surface area contributed by atoms with Crippen molar-refractivity contribution in [2.45, 2.75) is 57.9 Å². The minimum atomic E-state index is -3.12. The summed E-state index contributed by atoms with van der Waals surface area (Å²) in [4.78, 5) is 4.23. The van der Waals surface area contributed by atoms with Crippen molar-refractivity contribution < 1.29 is 13.2 Å². The van der Waals surface area contributed by atoms with Crippen LogP contribution >= 0.6 is 24.0 Å². The zero-order valence-corrected chi connectivity index (χ0v) is 18.7. The Morgan fingerprint density at radius 2 is 1.96 bits per heavy atom. The van der Waals surface area contributed by atoms with Crippen LogP contribution in [0.4, 0.5) is 0 Å². The molecule has 24 heavy (non-hydrogen) atoms. The average molecular weight is 473 g/mol. The van der Waals surface area contributed by atoms with Gasteiger partial charge in [0.2, 0.25) is 0 Å². The van der Waals surface area contributed by atoms with Gasteiger partial charge in [0.25, 0.3) is 0 Å². The molecule has 2 rings (SSSR count). The first-order valence-electron chi connectivity index (χ1n) is 8.32. The van der Waals surface area contributed by atoms with Crippen molar-refractivity contribution >= 4 is 39.8 Å². The lowest BCUT2D eigenvalue weighted by molar-refractivity contribution is -0.106. The number of hydrogen-bond donors (Lipinski definition) is 2.